The van der Waals surface area contributed by atoms with Crippen molar-refractivity contribution in [2.24, 2.45) is 5.41 Å². The molecule has 0 saturated heterocycles. The van der Waals surface area contributed by atoms with E-state index >= 15 is 0 Å². The molecule has 0 aliphatic carbocycles. The predicted molar refractivity (Wildman–Crippen MR) is 69.8 cm³/mol. The van der Waals surface area contributed by atoms with Crippen LogP contribution in [0.3, 0.4) is 0 Å². The Bertz CT molecular complexity index is 432. The Hall–Kier alpha value is -1.86. The van der Waals surface area contributed by atoms with Crippen LogP contribution >= 0.6 is 0 Å². The lowest BCUT2D eigenvalue weighted by Crippen LogP contribution is -2.28. The first-order valence-corrected chi connectivity index (χ1v) is 6.05. The maximum Gasteiger partial charge on any atom is 0.316 e. The Labute approximate surface area is 107 Å². The monoisotopic (exact) mass is 246 g/mol. The van der Waals surface area contributed by atoms with Crippen LogP contribution in [-0.2, 0) is 20.7 Å². The number of rotatable bonds is 6. The van der Waals surface area contributed by atoms with Gasteiger partial charge in [-0.15, -0.1) is 0 Å². The molecule has 1 rings (SSSR count). The highest BCUT2D eigenvalue weighted by Gasteiger charge is 2.30. The quantitative estimate of drug-likeness (QED) is 0.572. The summed E-state index contributed by atoms with van der Waals surface area (Å²) in [6, 6.07) is 9.81. The van der Waals surface area contributed by atoms with Crippen LogP contribution in [0.25, 0.3) is 0 Å². The minimum Gasteiger partial charge on any atom is -0.465 e. The van der Waals surface area contributed by atoms with E-state index in [2.05, 4.69) is 0 Å². The van der Waals surface area contributed by atoms with Crippen LogP contribution in [0.2, 0.25) is 0 Å². The summed E-state index contributed by atoms with van der Waals surface area (Å²) in [7, 11) is 0. The summed E-state index contributed by atoms with van der Waals surface area (Å²) in [5.41, 5.74) is 0.257. The second-order valence-electron chi connectivity index (χ2n) is 4.40. The molecule has 0 saturated carbocycles. The fraction of sp³-hybridized carbons (Fsp3) is 0.400. The topological polar surface area (TPSA) is 43.4 Å². The number of esters is 1. The van der Waals surface area contributed by atoms with E-state index in [4.69, 9.17) is 4.74 Å². The molecule has 0 bridgehead atoms. The lowest BCUT2D eigenvalue weighted by molar-refractivity contribution is -0.152. The predicted octanol–water partition coefficient (Wildman–Crippen LogP) is 2.58. The number of ether oxygens (including phenoxy) is 1. The van der Waals surface area contributed by atoms with Crippen molar-refractivity contribution in [1.29, 1.82) is 0 Å². The van der Waals surface area contributed by atoms with Crippen LogP contribution in [0.4, 0.5) is 0 Å². The van der Waals surface area contributed by atoms with Gasteiger partial charge in [-0.05, 0) is 18.9 Å². The Morgan fingerprint density at radius 1 is 1.39 bits per heavy atom. The maximum atomic E-state index is 11.8. The van der Waals surface area contributed by atoms with Gasteiger partial charge >= 0.3 is 5.97 Å². The van der Waals surface area contributed by atoms with Crippen molar-refractivity contribution in [1.82, 2.24) is 0 Å². The van der Waals surface area contributed by atoms with Crippen molar-refractivity contribution in [2.75, 3.05) is 6.61 Å². The molecule has 0 radical (unpaired) electrons. The Kier molecular flexibility index (Phi) is 5.34. The van der Waals surface area contributed by atoms with Crippen LogP contribution < -0.4 is 0 Å². The van der Waals surface area contributed by atoms with Gasteiger partial charge in [-0.2, -0.15) is 0 Å². The molecule has 0 fully saturated rings. The van der Waals surface area contributed by atoms with Crippen LogP contribution in [-0.4, -0.2) is 18.5 Å². The van der Waals surface area contributed by atoms with Crippen molar-refractivity contribution in [3.63, 3.8) is 0 Å². The molecule has 1 atom stereocenters. The average molecular weight is 246 g/mol. The van der Waals surface area contributed by atoms with Crippen molar-refractivity contribution in [3.05, 3.63) is 42.0 Å². The lowest BCUT2D eigenvalue weighted by Gasteiger charge is -2.20. The van der Waals surface area contributed by atoms with E-state index < -0.39 is 5.41 Å². The third-order valence-corrected chi connectivity index (χ3v) is 3.04. The third kappa shape index (κ3) is 3.86. The van der Waals surface area contributed by atoms with E-state index in [9.17, 15) is 9.59 Å². The third-order valence-electron chi connectivity index (χ3n) is 3.04. The molecule has 0 spiro atoms. The van der Waals surface area contributed by atoms with E-state index in [1.54, 1.807) is 12.9 Å². The Morgan fingerprint density at radius 2 is 2.06 bits per heavy atom. The summed E-state index contributed by atoms with van der Waals surface area (Å²) in [5.74, 6) is 1.30. The van der Waals surface area contributed by atoms with Gasteiger partial charge in [0.05, 0.1) is 12.0 Å². The van der Waals surface area contributed by atoms with Gasteiger partial charge in [-0.25, -0.2) is 4.79 Å². The molecule has 0 amide bonds. The molecule has 1 aromatic rings. The summed E-state index contributed by atoms with van der Waals surface area (Å²) in [6.45, 7) is 3.85. The highest BCUT2D eigenvalue weighted by Crippen LogP contribution is 2.23. The van der Waals surface area contributed by atoms with Crippen LogP contribution in [0.1, 0.15) is 25.8 Å². The van der Waals surface area contributed by atoms with Crippen molar-refractivity contribution < 1.29 is 14.3 Å². The molecule has 96 valence electrons. The van der Waals surface area contributed by atoms with Gasteiger partial charge in [0.2, 0.25) is 0 Å². The first-order valence-electron chi connectivity index (χ1n) is 6.05. The van der Waals surface area contributed by atoms with E-state index in [1.165, 1.54) is 6.08 Å². The molecule has 0 aliphatic heterocycles. The number of carbonyl (C=O) groups is 1. The molecule has 0 N–H and O–H groups in total. The zero-order chi connectivity index (χ0) is 13.4. The smallest absolute Gasteiger partial charge is 0.316 e. The highest BCUT2D eigenvalue weighted by atomic mass is 16.5. The summed E-state index contributed by atoms with van der Waals surface area (Å²) in [6.07, 6.45) is 2.43. The van der Waals surface area contributed by atoms with Gasteiger partial charge in [0.1, 0.15) is 5.94 Å². The van der Waals surface area contributed by atoms with Gasteiger partial charge in [0.15, 0.2) is 0 Å². The van der Waals surface area contributed by atoms with Gasteiger partial charge in [-0.3, -0.25) is 4.79 Å². The van der Waals surface area contributed by atoms with Crippen LogP contribution in [0, 0.1) is 5.41 Å². The SMILES string of the molecule is CCC(C)(C=C=O)C(=O)OCCc1ccccc1. The number of benzene rings is 1. The molecular weight excluding hydrogens is 228 g/mol. The molecule has 0 aromatic heterocycles. The first kappa shape index (κ1) is 14.2. The van der Waals surface area contributed by atoms with E-state index in [0.29, 0.717) is 19.4 Å². The first-order chi connectivity index (χ1) is 8.62. The van der Waals surface area contributed by atoms with E-state index in [-0.39, 0.29) is 5.97 Å². The molecule has 18 heavy (non-hydrogen) atoms. The standard InChI is InChI=1S/C15H18O3/c1-3-15(2,10-11-16)14(17)18-12-9-13-7-5-4-6-8-13/h4-8,10H,3,9,12H2,1-2H3. The van der Waals surface area contributed by atoms with Crippen LogP contribution in [0.5, 0.6) is 0 Å². The molecule has 0 aliphatic rings. The Morgan fingerprint density at radius 3 is 2.61 bits per heavy atom. The van der Waals surface area contributed by atoms with Crippen molar-refractivity contribution in [2.45, 2.75) is 26.7 Å². The highest BCUT2D eigenvalue weighted by molar-refractivity contribution is 5.80. The van der Waals surface area contributed by atoms with Gasteiger partial charge in [0, 0.05) is 12.5 Å². The molecule has 3 nitrogen and oxygen atoms in total. The van der Waals surface area contributed by atoms with E-state index in [1.807, 2.05) is 37.3 Å². The number of carbonyl (C=O) groups excluding carboxylic acids is 2. The molecule has 0 heterocycles. The summed E-state index contributed by atoms with van der Waals surface area (Å²) in [4.78, 5) is 22.2. The minimum absolute atomic E-state index is 0.325. The number of hydrogen-bond donors (Lipinski definition) is 0. The lowest BCUT2D eigenvalue weighted by atomic mass is 9.88. The second kappa shape index (κ2) is 6.77. The molecule has 1 unspecified atom stereocenters. The average Bonchev–Trinajstić information content (AvgIpc) is 2.40. The van der Waals surface area contributed by atoms with Crippen LogP contribution in [0.15, 0.2) is 36.4 Å². The van der Waals surface area contributed by atoms with Gasteiger partial charge in [-0.1, -0.05) is 37.3 Å². The summed E-state index contributed by atoms with van der Waals surface area (Å²) < 4.78 is 5.21. The summed E-state index contributed by atoms with van der Waals surface area (Å²) >= 11 is 0. The molecule has 3 heteroatoms. The van der Waals surface area contributed by atoms with Gasteiger partial charge in [0.25, 0.3) is 0 Å². The molecule has 1 aromatic carbocycles. The largest absolute Gasteiger partial charge is 0.465 e. The minimum atomic E-state index is -0.863. The normalized spacial score (nSPS) is 13.2. The van der Waals surface area contributed by atoms with Crippen molar-refractivity contribution >= 4 is 11.9 Å². The zero-order valence-electron chi connectivity index (χ0n) is 10.8. The molecular formula is C15H18O3. The Balaban J connectivity index is 2.48. The number of hydrogen-bond acceptors (Lipinski definition) is 3. The van der Waals surface area contributed by atoms with Crippen molar-refractivity contribution in [3.8, 4) is 0 Å². The van der Waals surface area contributed by atoms with E-state index in [0.717, 1.165) is 5.56 Å². The fourth-order valence-corrected chi connectivity index (χ4v) is 1.51. The fourth-order valence-electron chi connectivity index (χ4n) is 1.51. The maximum absolute atomic E-state index is 11.8. The summed E-state index contributed by atoms with van der Waals surface area (Å²) in [5, 5.41) is 0. The second-order valence-corrected chi connectivity index (χ2v) is 4.40. The zero-order valence-corrected chi connectivity index (χ0v) is 10.8. The van der Waals surface area contributed by atoms with Gasteiger partial charge < -0.3 is 4.74 Å².